The van der Waals surface area contributed by atoms with Crippen LogP contribution in [0, 0.1) is 6.92 Å². The zero-order chi connectivity index (χ0) is 16.4. The van der Waals surface area contributed by atoms with E-state index < -0.39 is 0 Å². The Morgan fingerprint density at radius 1 is 1.08 bits per heavy atom. The average molecular weight is 321 g/mol. The number of fused-ring (bicyclic) bond motifs is 1. The molecule has 0 spiro atoms. The molecule has 1 aromatic carbocycles. The summed E-state index contributed by atoms with van der Waals surface area (Å²) in [5, 5.41) is 0. The van der Waals surface area contributed by atoms with Crippen molar-refractivity contribution in [3.8, 4) is 5.75 Å². The van der Waals surface area contributed by atoms with Crippen molar-refractivity contribution in [1.82, 2.24) is 19.5 Å². The summed E-state index contributed by atoms with van der Waals surface area (Å²) in [5.74, 6) is 2.46. The van der Waals surface area contributed by atoms with Gasteiger partial charge in [-0.15, -0.1) is 0 Å². The summed E-state index contributed by atoms with van der Waals surface area (Å²) in [6.07, 6.45) is 5.56. The van der Waals surface area contributed by atoms with Gasteiger partial charge in [-0.1, -0.05) is 30.3 Å². The van der Waals surface area contributed by atoms with Gasteiger partial charge >= 0.3 is 0 Å². The third-order valence-corrected chi connectivity index (χ3v) is 4.07. The maximum Gasteiger partial charge on any atom is 0.225 e. The van der Waals surface area contributed by atoms with Gasteiger partial charge in [0.2, 0.25) is 5.95 Å². The number of aromatic nitrogens is 4. The summed E-state index contributed by atoms with van der Waals surface area (Å²) in [4.78, 5) is 15.6. The number of benzene rings is 1. The SMILES string of the molecule is Cc1cn2c(n1)CN(c1ncc(OCc3ccccc3)cn1)CC2. The number of hydrogen-bond donors (Lipinski definition) is 0. The van der Waals surface area contributed by atoms with Crippen molar-refractivity contribution in [2.24, 2.45) is 0 Å². The van der Waals surface area contributed by atoms with E-state index in [-0.39, 0.29) is 0 Å². The second-order valence-electron chi connectivity index (χ2n) is 5.91. The highest BCUT2D eigenvalue weighted by atomic mass is 16.5. The van der Waals surface area contributed by atoms with Gasteiger partial charge in [0.15, 0.2) is 5.75 Å². The lowest BCUT2D eigenvalue weighted by Gasteiger charge is -2.27. The standard InChI is InChI=1S/C18H19N5O/c1-14-11-22-7-8-23(12-17(22)21-14)18-19-9-16(10-20-18)24-13-15-5-3-2-4-6-15/h2-6,9-11H,7-8,12-13H2,1H3. The second-order valence-corrected chi connectivity index (χ2v) is 5.91. The van der Waals surface area contributed by atoms with Crippen molar-refractivity contribution in [3.63, 3.8) is 0 Å². The molecule has 0 saturated heterocycles. The third kappa shape index (κ3) is 3.08. The van der Waals surface area contributed by atoms with Gasteiger partial charge in [-0.3, -0.25) is 0 Å². The minimum absolute atomic E-state index is 0.518. The Bertz CT molecular complexity index is 813. The monoisotopic (exact) mass is 321 g/mol. The van der Waals surface area contributed by atoms with E-state index in [0.717, 1.165) is 36.7 Å². The van der Waals surface area contributed by atoms with Crippen molar-refractivity contribution >= 4 is 5.95 Å². The van der Waals surface area contributed by atoms with Crippen molar-refractivity contribution in [2.75, 3.05) is 11.4 Å². The Morgan fingerprint density at radius 2 is 1.88 bits per heavy atom. The van der Waals surface area contributed by atoms with Gasteiger partial charge in [0.05, 0.1) is 24.6 Å². The maximum absolute atomic E-state index is 5.73. The predicted molar refractivity (Wildman–Crippen MR) is 90.8 cm³/mol. The molecule has 4 rings (SSSR count). The minimum Gasteiger partial charge on any atom is -0.486 e. The molecule has 0 atom stereocenters. The van der Waals surface area contributed by atoms with Crippen molar-refractivity contribution in [3.05, 3.63) is 66.0 Å². The maximum atomic E-state index is 5.73. The van der Waals surface area contributed by atoms with Crippen molar-refractivity contribution in [2.45, 2.75) is 26.6 Å². The van der Waals surface area contributed by atoms with Crippen LogP contribution in [-0.2, 0) is 19.7 Å². The van der Waals surface area contributed by atoms with E-state index >= 15 is 0 Å². The first kappa shape index (κ1) is 14.7. The summed E-state index contributed by atoms with van der Waals surface area (Å²) in [6, 6.07) is 10.1. The van der Waals surface area contributed by atoms with Crippen LogP contribution in [0.15, 0.2) is 48.9 Å². The largest absolute Gasteiger partial charge is 0.486 e. The Morgan fingerprint density at radius 3 is 2.67 bits per heavy atom. The quantitative estimate of drug-likeness (QED) is 0.739. The number of ether oxygens (including phenoxy) is 1. The van der Waals surface area contributed by atoms with Crippen molar-refractivity contribution in [1.29, 1.82) is 0 Å². The first-order valence-electron chi connectivity index (χ1n) is 8.04. The van der Waals surface area contributed by atoms with Crippen LogP contribution in [0.25, 0.3) is 0 Å². The molecule has 0 amide bonds. The lowest BCUT2D eigenvalue weighted by molar-refractivity contribution is 0.303. The van der Waals surface area contributed by atoms with Crippen LogP contribution in [0.4, 0.5) is 5.95 Å². The number of imidazole rings is 1. The van der Waals surface area contributed by atoms with E-state index in [0.29, 0.717) is 18.3 Å². The molecule has 3 aromatic rings. The molecule has 0 fully saturated rings. The normalized spacial score (nSPS) is 13.6. The smallest absolute Gasteiger partial charge is 0.225 e. The summed E-state index contributed by atoms with van der Waals surface area (Å²) < 4.78 is 7.93. The molecule has 6 heteroatoms. The van der Waals surface area contributed by atoms with Gasteiger partial charge in [0.1, 0.15) is 12.4 Å². The highest BCUT2D eigenvalue weighted by Gasteiger charge is 2.19. The molecule has 2 aromatic heterocycles. The lowest BCUT2D eigenvalue weighted by atomic mass is 10.2. The van der Waals surface area contributed by atoms with Crippen molar-refractivity contribution < 1.29 is 4.74 Å². The van der Waals surface area contributed by atoms with E-state index in [1.807, 2.05) is 37.3 Å². The van der Waals surface area contributed by atoms with E-state index in [2.05, 4.69) is 30.6 Å². The number of aryl methyl sites for hydroxylation is 1. The van der Waals surface area contributed by atoms with Crippen LogP contribution >= 0.6 is 0 Å². The first-order valence-corrected chi connectivity index (χ1v) is 8.04. The fourth-order valence-electron chi connectivity index (χ4n) is 2.85. The molecular formula is C18H19N5O. The average Bonchev–Trinajstić information content (AvgIpc) is 3.00. The van der Waals surface area contributed by atoms with Gasteiger partial charge < -0.3 is 14.2 Å². The molecule has 0 N–H and O–H groups in total. The van der Waals surface area contributed by atoms with Gasteiger partial charge in [-0.05, 0) is 12.5 Å². The summed E-state index contributed by atoms with van der Waals surface area (Å²) in [5.41, 5.74) is 2.18. The summed E-state index contributed by atoms with van der Waals surface area (Å²) >= 11 is 0. The van der Waals surface area contributed by atoms with E-state index in [1.165, 1.54) is 0 Å². The third-order valence-electron chi connectivity index (χ3n) is 4.07. The number of rotatable bonds is 4. The van der Waals surface area contributed by atoms with Crippen LogP contribution < -0.4 is 9.64 Å². The minimum atomic E-state index is 0.518. The van der Waals surface area contributed by atoms with Crippen LogP contribution in [-0.4, -0.2) is 26.1 Å². The fraction of sp³-hybridized carbons (Fsp3) is 0.278. The van der Waals surface area contributed by atoms with E-state index in [1.54, 1.807) is 12.4 Å². The molecule has 24 heavy (non-hydrogen) atoms. The Labute approximate surface area is 140 Å². The van der Waals surface area contributed by atoms with Crippen LogP contribution in [0.1, 0.15) is 17.1 Å². The van der Waals surface area contributed by atoms with Gasteiger partial charge in [0.25, 0.3) is 0 Å². The molecule has 0 unspecified atom stereocenters. The Hall–Kier alpha value is -2.89. The topological polar surface area (TPSA) is 56.1 Å². The Balaban J connectivity index is 1.41. The second kappa shape index (κ2) is 6.31. The summed E-state index contributed by atoms with van der Waals surface area (Å²) in [6.45, 7) is 5.06. The number of hydrogen-bond acceptors (Lipinski definition) is 5. The molecule has 0 aliphatic carbocycles. The molecule has 1 aliphatic heterocycles. The van der Waals surface area contributed by atoms with Gasteiger partial charge in [0, 0.05) is 19.3 Å². The molecule has 6 nitrogen and oxygen atoms in total. The Kier molecular flexibility index (Phi) is 3.86. The number of anilines is 1. The molecular weight excluding hydrogens is 302 g/mol. The molecule has 0 saturated carbocycles. The van der Waals surface area contributed by atoms with E-state index in [4.69, 9.17) is 4.74 Å². The van der Waals surface area contributed by atoms with Crippen LogP contribution in [0.2, 0.25) is 0 Å². The summed E-state index contributed by atoms with van der Waals surface area (Å²) in [7, 11) is 0. The molecule has 0 bridgehead atoms. The van der Waals surface area contributed by atoms with Gasteiger partial charge in [-0.2, -0.15) is 0 Å². The van der Waals surface area contributed by atoms with Crippen LogP contribution in [0.5, 0.6) is 5.75 Å². The zero-order valence-corrected chi connectivity index (χ0v) is 13.6. The highest BCUT2D eigenvalue weighted by Crippen LogP contribution is 2.19. The molecule has 3 heterocycles. The predicted octanol–water partition coefficient (Wildman–Crippen LogP) is 2.58. The van der Waals surface area contributed by atoms with E-state index in [9.17, 15) is 0 Å². The molecule has 122 valence electrons. The van der Waals surface area contributed by atoms with Gasteiger partial charge in [-0.25, -0.2) is 15.0 Å². The first-order chi connectivity index (χ1) is 11.8. The lowest BCUT2D eigenvalue weighted by Crippen LogP contribution is -2.34. The zero-order valence-electron chi connectivity index (χ0n) is 13.6. The van der Waals surface area contributed by atoms with Crippen LogP contribution in [0.3, 0.4) is 0 Å². The highest BCUT2D eigenvalue weighted by molar-refractivity contribution is 5.33. The molecule has 0 radical (unpaired) electrons. The fourth-order valence-corrected chi connectivity index (χ4v) is 2.85. The number of nitrogens with zero attached hydrogens (tertiary/aromatic N) is 5. The molecule has 1 aliphatic rings.